The summed E-state index contributed by atoms with van der Waals surface area (Å²) in [6.07, 6.45) is 3.40. The average Bonchev–Trinajstić information content (AvgIpc) is 2.37. The first-order valence-corrected chi connectivity index (χ1v) is 6.03. The molecule has 18 heavy (non-hydrogen) atoms. The van der Waals surface area contributed by atoms with E-state index < -0.39 is 5.97 Å². The summed E-state index contributed by atoms with van der Waals surface area (Å²) in [5, 5.41) is 8.55. The van der Waals surface area contributed by atoms with Gasteiger partial charge in [0.05, 0.1) is 6.10 Å². The van der Waals surface area contributed by atoms with Gasteiger partial charge in [0.1, 0.15) is 6.61 Å². The molecule has 98 valence electrons. The summed E-state index contributed by atoms with van der Waals surface area (Å²) in [5.74, 6) is -0.175. The van der Waals surface area contributed by atoms with Gasteiger partial charge in [-0.05, 0) is 25.8 Å². The molecule has 2 rings (SSSR count). The topological polar surface area (TPSA) is 75.6 Å². The van der Waals surface area contributed by atoms with Crippen molar-refractivity contribution in [3.05, 3.63) is 18.0 Å². The Kier molecular flexibility index (Phi) is 4.09. The zero-order valence-electron chi connectivity index (χ0n) is 10.4. The number of piperidine rings is 1. The number of aromatic nitrogens is 2. The zero-order valence-corrected chi connectivity index (χ0v) is 10.4. The first kappa shape index (κ1) is 12.8. The van der Waals surface area contributed by atoms with Gasteiger partial charge in [0.2, 0.25) is 5.95 Å². The lowest BCUT2D eigenvalue weighted by Crippen LogP contribution is -2.38. The molecule has 1 fully saturated rings. The SMILES string of the molecule is Cc1ccnc(N2CCC(OCC(=O)O)CC2)n1. The molecule has 1 saturated heterocycles. The van der Waals surface area contributed by atoms with Crippen LogP contribution in [0.4, 0.5) is 5.95 Å². The summed E-state index contributed by atoms with van der Waals surface area (Å²) in [7, 11) is 0. The molecular formula is C12H17N3O3. The van der Waals surface area contributed by atoms with Gasteiger partial charge >= 0.3 is 5.97 Å². The number of carbonyl (C=O) groups is 1. The Morgan fingerprint density at radius 2 is 2.28 bits per heavy atom. The van der Waals surface area contributed by atoms with Gasteiger partial charge in [-0.1, -0.05) is 0 Å². The van der Waals surface area contributed by atoms with E-state index in [1.165, 1.54) is 0 Å². The second-order valence-corrected chi connectivity index (χ2v) is 4.39. The Labute approximate surface area is 106 Å². The normalized spacial score (nSPS) is 16.8. The minimum Gasteiger partial charge on any atom is -0.480 e. The Morgan fingerprint density at radius 1 is 1.56 bits per heavy atom. The molecule has 0 amide bonds. The van der Waals surface area contributed by atoms with Crippen LogP contribution in [0.15, 0.2) is 12.3 Å². The lowest BCUT2D eigenvalue weighted by molar-refractivity contribution is -0.144. The molecule has 1 aliphatic rings. The Balaban J connectivity index is 1.85. The molecule has 0 radical (unpaired) electrons. The standard InChI is InChI=1S/C12H17N3O3/c1-9-2-5-13-12(14-9)15-6-3-10(4-7-15)18-8-11(16)17/h2,5,10H,3-4,6-8H2,1H3,(H,16,17). The highest BCUT2D eigenvalue weighted by Crippen LogP contribution is 2.17. The second-order valence-electron chi connectivity index (χ2n) is 4.39. The molecule has 2 heterocycles. The van der Waals surface area contributed by atoms with Crippen molar-refractivity contribution in [1.29, 1.82) is 0 Å². The number of hydrogen-bond donors (Lipinski definition) is 1. The smallest absolute Gasteiger partial charge is 0.329 e. The number of rotatable bonds is 4. The molecule has 0 spiro atoms. The predicted octanol–water partition coefficient (Wildman–Crippen LogP) is 0.855. The van der Waals surface area contributed by atoms with Crippen LogP contribution in [-0.2, 0) is 9.53 Å². The van der Waals surface area contributed by atoms with Gasteiger partial charge in [-0.25, -0.2) is 14.8 Å². The highest BCUT2D eigenvalue weighted by atomic mass is 16.5. The minimum absolute atomic E-state index is 0.0298. The predicted molar refractivity (Wildman–Crippen MR) is 65.6 cm³/mol. The fourth-order valence-electron chi connectivity index (χ4n) is 2.00. The molecule has 0 bridgehead atoms. The average molecular weight is 251 g/mol. The summed E-state index contributed by atoms with van der Waals surface area (Å²) in [4.78, 5) is 21.1. The second kappa shape index (κ2) is 5.77. The molecule has 1 aromatic rings. The number of nitrogens with zero attached hydrogens (tertiary/aromatic N) is 3. The van der Waals surface area contributed by atoms with E-state index in [2.05, 4.69) is 14.9 Å². The molecule has 0 atom stereocenters. The van der Waals surface area contributed by atoms with Crippen LogP contribution in [0.2, 0.25) is 0 Å². The fraction of sp³-hybridized carbons (Fsp3) is 0.583. The maximum absolute atomic E-state index is 10.4. The van der Waals surface area contributed by atoms with Gasteiger partial charge in [0.25, 0.3) is 0 Å². The van der Waals surface area contributed by atoms with E-state index in [0.29, 0.717) is 0 Å². The molecular weight excluding hydrogens is 234 g/mol. The Morgan fingerprint density at radius 3 is 2.89 bits per heavy atom. The maximum atomic E-state index is 10.4. The number of aliphatic carboxylic acids is 1. The maximum Gasteiger partial charge on any atom is 0.329 e. The van der Waals surface area contributed by atoms with Crippen molar-refractivity contribution in [1.82, 2.24) is 9.97 Å². The third-order valence-electron chi connectivity index (χ3n) is 2.95. The van der Waals surface area contributed by atoms with Crippen LogP contribution >= 0.6 is 0 Å². The first-order chi connectivity index (χ1) is 8.65. The summed E-state index contributed by atoms with van der Waals surface area (Å²) < 4.78 is 5.29. The van der Waals surface area contributed by atoms with Crippen LogP contribution in [0, 0.1) is 6.92 Å². The quantitative estimate of drug-likeness (QED) is 0.855. The summed E-state index contributed by atoms with van der Waals surface area (Å²) in [6, 6.07) is 1.87. The number of ether oxygens (including phenoxy) is 1. The van der Waals surface area contributed by atoms with E-state index in [4.69, 9.17) is 9.84 Å². The van der Waals surface area contributed by atoms with Crippen molar-refractivity contribution in [2.45, 2.75) is 25.9 Å². The lowest BCUT2D eigenvalue weighted by atomic mass is 10.1. The summed E-state index contributed by atoms with van der Waals surface area (Å²) >= 11 is 0. The van der Waals surface area contributed by atoms with Crippen molar-refractivity contribution in [2.24, 2.45) is 0 Å². The van der Waals surface area contributed by atoms with Crippen molar-refractivity contribution < 1.29 is 14.6 Å². The number of carboxylic acids is 1. The van der Waals surface area contributed by atoms with Crippen molar-refractivity contribution in [3.63, 3.8) is 0 Å². The highest BCUT2D eigenvalue weighted by molar-refractivity contribution is 5.68. The number of carboxylic acid groups (broad SMARTS) is 1. The number of hydrogen-bond acceptors (Lipinski definition) is 5. The molecule has 1 aromatic heterocycles. The van der Waals surface area contributed by atoms with E-state index in [1.54, 1.807) is 6.20 Å². The number of aryl methyl sites for hydroxylation is 1. The minimum atomic E-state index is -0.917. The molecule has 1 aliphatic heterocycles. The van der Waals surface area contributed by atoms with Crippen LogP contribution in [0.1, 0.15) is 18.5 Å². The van der Waals surface area contributed by atoms with Gasteiger partial charge < -0.3 is 14.7 Å². The molecule has 6 nitrogen and oxygen atoms in total. The number of anilines is 1. The molecule has 0 unspecified atom stereocenters. The zero-order chi connectivity index (χ0) is 13.0. The Hall–Kier alpha value is -1.69. The monoisotopic (exact) mass is 251 g/mol. The lowest BCUT2D eigenvalue weighted by Gasteiger charge is -2.31. The van der Waals surface area contributed by atoms with E-state index in [-0.39, 0.29) is 12.7 Å². The van der Waals surface area contributed by atoms with Gasteiger partial charge in [0, 0.05) is 25.0 Å². The first-order valence-electron chi connectivity index (χ1n) is 6.03. The molecule has 6 heteroatoms. The van der Waals surface area contributed by atoms with Crippen molar-refractivity contribution in [2.75, 3.05) is 24.6 Å². The van der Waals surface area contributed by atoms with Gasteiger partial charge in [-0.2, -0.15) is 0 Å². The van der Waals surface area contributed by atoms with E-state index in [1.807, 2.05) is 13.0 Å². The summed E-state index contributed by atoms with van der Waals surface area (Å²) in [5.41, 5.74) is 0.948. The molecule has 0 saturated carbocycles. The highest BCUT2D eigenvalue weighted by Gasteiger charge is 2.21. The van der Waals surface area contributed by atoms with Crippen LogP contribution in [-0.4, -0.2) is 46.8 Å². The van der Waals surface area contributed by atoms with Crippen molar-refractivity contribution in [3.8, 4) is 0 Å². The fourth-order valence-corrected chi connectivity index (χ4v) is 2.00. The Bertz CT molecular complexity index is 417. The molecule has 0 aromatic carbocycles. The molecule has 1 N–H and O–H groups in total. The van der Waals surface area contributed by atoms with Crippen LogP contribution < -0.4 is 4.90 Å². The van der Waals surface area contributed by atoms with Crippen molar-refractivity contribution >= 4 is 11.9 Å². The van der Waals surface area contributed by atoms with Crippen LogP contribution in [0.25, 0.3) is 0 Å². The van der Waals surface area contributed by atoms with E-state index in [9.17, 15) is 4.79 Å². The van der Waals surface area contributed by atoms with E-state index >= 15 is 0 Å². The largest absolute Gasteiger partial charge is 0.480 e. The van der Waals surface area contributed by atoms with Gasteiger partial charge in [-0.3, -0.25) is 0 Å². The van der Waals surface area contributed by atoms with E-state index in [0.717, 1.165) is 37.6 Å². The molecule has 0 aliphatic carbocycles. The summed E-state index contributed by atoms with van der Waals surface area (Å²) in [6.45, 7) is 3.32. The van der Waals surface area contributed by atoms with Crippen LogP contribution in [0.5, 0.6) is 0 Å². The van der Waals surface area contributed by atoms with Crippen LogP contribution in [0.3, 0.4) is 0 Å². The third-order valence-corrected chi connectivity index (χ3v) is 2.95. The van der Waals surface area contributed by atoms with Gasteiger partial charge in [-0.15, -0.1) is 0 Å². The van der Waals surface area contributed by atoms with Gasteiger partial charge in [0.15, 0.2) is 0 Å². The third kappa shape index (κ3) is 3.40.